The highest BCUT2D eigenvalue weighted by molar-refractivity contribution is 5.91. The number of amides is 1. The zero-order valence-electron chi connectivity index (χ0n) is 16.2. The number of benzene rings is 1. The zero-order chi connectivity index (χ0) is 19.3. The lowest BCUT2D eigenvalue weighted by Crippen LogP contribution is -2.43. The second-order valence-electron chi connectivity index (χ2n) is 7.86. The molecule has 4 rings (SSSR count). The molecule has 1 saturated heterocycles. The molecule has 6 nitrogen and oxygen atoms in total. The molecule has 0 aromatic heterocycles. The Hall–Kier alpha value is -1.89. The standard InChI is InChI=1S/C22H29NO5/c24-14-16-4-6-17(7-5-16)15-27-21-13-19(18-2-1-3-18)12-20(28-21)22(25)23-8-10-26-11-9-23/h4-7,12,18-19,21,24H,1-3,8-11,13-15H2/t19-,21+/m0/s1. The van der Waals surface area contributed by atoms with Crippen LogP contribution < -0.4 is 0 Å². The predicted octanol–water partition coefficient (Wildman–Crippen LogP) is 2.60. The molecule has 0 unspecified atom stereocenters. The predicted molar refractivity (Wildman–Crippen MR) is 103 cm³/mol. The van der Waals surface area contributed by atoms with Gasteiger partial charge in [-0.05, 0) is 41.9 Å². The van der Waals surface area contributed by atoms with Gasteiger partial charge in [0.05, 0.1) is 26.4 Å². The van der Waals surface area contributed by atoms with E-state index in [4.69, 9.17) is 19.3 Å². The van der Waals surface area contributed by atoms with Crippen molar-refractivity contribution in [1.82, 2.24) is 4.90 Å². The molecule has 2 aliphatic heterocycles. The van der Waals surface area contributed by atoms with Gasteiger partial charge in [-0.25, -0.2) is 0 Å². The van der Waals surface area contributed by atoms with Gasteiger partial charge in [-0.1, -0.05) is 30.7 Å². The van der Waals surface area contributed by atoms with Gasteiger partial charge >= 0.3 is 0 Å². The SMILES string of the molecule is O=C(C1=C[C@H](C2CCC2)C[C@H](OCc2ccc(CO)cc2)O1)N1CCOCC1. The van der Waals surface area contributed by atoms with E-state index >= 15 is 0 Å². The average Bonchev–Trinajstić information content (AvgIpc) is 2.71. The molecule has 1 aromatic carbocycles. The molecular formula is C22H29NO5. The minimum atomic E-state index is -0.409. The molecule has 2 heterocycles. The van der Waals surface area contributed by atoms with Crippen LogP contribution in [0.25, 0.3) is 0 Å². The van der Waals surface area contributed by atoms with Gasteiger partial charge in [0.2, 0.25) is 6.29 Å². The van der Waals surface area contributed by atoms with Crippen molar-refractivity contribution in [2.75, 3.05) is 26.3 Å². The Morgan fingerprint density at radius 3 is 2.50 bits per heavy atom. The van der Waals surface area contributed by atoms with Crippen LogP contribution in [0.5, 0.6) is 0 Å². The maximum Gasteiger partial charge on any atom is 0.288 e. The summed E-state index contributed by atoms with van der Waals surface area (Å²) in [6, 6.07) is 7.69. The summed E-state index contributed by atoms with van der Waals surface area (Å²) in [6.07, 6.45) is 6.13. The van der Waals surface area contributed by atoms with Crippen LogP contribution in [0.2, 0.25) is 0 Å². The van der Waals surface area contributed by atoms with E-state index in [0.717, 1.165) is 17.5 Å². The molecule has 3 aliphatic rings. The molecule has 2 atom stereocenters. The maximum absolute atomic E-state index is 12.9. The first-order valence-corrected chi connectivity index (χ1v) is 10.3. The highest BCUT2D eigenvalue weighted by Gasteiger charge is 2.36. The zero-order valence-corrected chi connectivity index (χ0v) is 16.2. The lowest BCUT2D eigenvalue weighted by molar-refractivity contribution is -0.163. The minimum absolute atomic E-state index is 0.0355. The van der Waals surface area contributed by atoms with E-state index in [-0.39, 0.29) is 12.5 Å². The number of rotatable bonds is 6. The van der Waals surface area contributed by atoms with Crippen LogP contribution in [0.4, 0.5) is 0 Å². The van der Waals surface area contributed by atoms with Gasteiger partial charge in [-0.15, -0.1) is 0 Å². The number of hydrogen-bond donors (Lipinski definition) is 1. The van der Waals surface area contributed by atoms with E-state index < -0.39 is 6.29 Å². The van der Waals surface area contributed by atoms with Gasteiger partial charge in [0, 0.05) is 19.5 Å². The third-order valence-corrected chi connectivity index (χ3v) is 5.99. The molecule has 28 heavy (non-hydrogen) atoms. The third-order valence-electron chi connectivity index (χ3n) is 5.99. The van der Waals surface area contributed by atoms with Crippen LogP contribution in [0.1, 0.15) is 36.8 Å². The van der Waals surface area contributed by atoms with Gasteiger partial charge in [-0.2, -0.15) is 0 Å². The molecule has 152 valence electrons. The van der Waals surface area contributed by atoms with E-state index in [1.165, 1.54) is 19.3 Å². The van der Waals surface area contributed by atoms with Crippen LogP contribution in [0, 0.1) is 11.8 Å². The summed E-state index contributed by atoms with van der Waals surface area (Å²) in [6.45, 7) is 2.83. The molecule has 1 amide bonds. The number of hydrogen-bond acceptors (Lipinski definition) is 5. The topological polar surface area (TPSA) is 68.2 Å². The van der Waals surface area contributed by atoms with E-state index in [1.54, 1.807) is 0 Å². The smallest absolute Gasteiger partial charge is 0.288 e. The van der Waals surface area contributed by atoms with Gasteiger partial charge in [0.15, 0.2) is 5.76 Å². The maximum atomic E-state index is 12.9. The Morgan fingerprint density at radius 1 is 1.14 bits per heavy atom. The molecule has 0 spiro atoms. The van der Waals surface area contributed by atoms with Crippen molar-refractivity contribution in [2.45, 2.75) is 45.2 Å². The molecule has 1 aliphatic carbocycles. The first-order valence-electron chi connectivity index (χ1n) is 10.3. The fourth-order valence-electron chi connectivity index (χ4n) is 3.99. The van der Waals surface area contributed by atoms with Gasteiger partial charge in [0.1, 0.15) is 0 Å². The average molecular weight is 387 g/mol. The fraction of sp³-hybridized carbons (Fsp3) is 0.591. The molecule has 0 bridgehead atoms. The number of morpholine rings is 1. The summed E-state index contributed by atoms with van der Waals surface area (Å²) in [4.78, 5) is 14.7. The van der Waals surface area contributed by atoms with Crippen molar-refractivity contribution < 1.29 is 24.1 Å². The Morgan fingerprint density at radius 2 is 1.86 bits per heavy atom. The highest BCUT2D eigenvalue weighted by atomic mass is 16.7. The molecule has 6 heteroatoms. The van der Waals surface area contributed by atoms with E-state index in [0.29, 0.717) is 50.5 Å². The van der Waals surface area contributed by atoms with Crippen LogP contribution in [-0.4, -0.2) is 48.5 Å². The largest absolute Gasteiger partial charge is 0.459 e. The Bertz CT molecular complexity index is 691. The lowest BCUT2D eigenvalue weighted by Gasteiger charge is -2.38. The highest BCUT2D eigenvalue weighted by Crippen LogP contribution is 2.40. The van der Waals surface area contributed by atoms with Crippen molar-refractivity contribution >= 4 is 5.91 Å². The number of aliphatic hydroxyl groups is 1. The first-order chi connectivity index (χ1) is 13.7. The quantitative estimate of drug-likeness (QED) is 0.813. The number of ether oxygens (including phenoxy) is 3. The Labute approximate surface area is 166 Å². The van der Waals surface area contributed by atoms with Crippen molar-refractivity contribution in [3.05, 3.63) is 47.2 Å². The molecule has 1 saturated carbocycles. The van der Waals surface area contributed by atoms with Gasteiger partial charge in [-0.3, -0.25) is 4.79 Å². The number of carbonyl (C=O) groups excluding carboxylic acids is 1. The summed E-state index contributed by atoms with van der Waals surface area (Å²) < 4.78 is 17.4. The molecule has 2 fully saturated rings. The van der Waals surface area contributed by atoms with Crippen molar-refractivity contribution in [3.63, 3.8) is 0 Å². The van der Waals surface area contributed by atoms with Crippen molar-refractivity contribution in [2.24, 2.45) is 11.8 Å². The fourth-order valence-corrected chi connectivity index (χ4v) is 3.99. The number of nitrogens with zero attached hydrogens (tertiary/aromatic N) is 1. The minimum Gasteiger partial charge on any atom is -0.459 e. The van der Waals surface area contributed by atoms with E-state index in [9.17, 15) is 4.79 Å². The lowest BCUT2D eigenvalue weighted by atomic mass is 9.73. The van der Waals surface area contributed by atoms with E-state index in [2.05, 4.69) is 0 Å². The summed E-state index contributed by atoms with van der Waals surface area (Å²) in [5.74, 6) is 1.36. The normalized spacial score (nSPS) is 25.6. The van der Waals surface area contributed by atoms with Gasteiger partial charge < -0.3 is 24.2 Å². The molecule has 1 N–H and O–H groups in total. The van der Waals surface area contributed by atoms with Crippen LogP contribution in [-0.2, 0) is 32.2 Å². The summed E-state index contributed by atoms with van der Waals surface area (Å²) in [5.41, 5.74) is 1.90. The molecule has 1 aromatic rings. The Balaban J connectivity index is 1.41. The summed E-state index contributed by atoms with van der Waals surface area (Å²) in [7, 11) is 0. The van der Waals surface area contributed by atoms with Crippen molar-refractivity contribution in [1.29, 1.82) is 0 Å². The van der Waals surface area contributed by atoms with Crippen LogP contribution >= 0.6 is 0 Å². The summed E-state index contributed by atoms with van der Waals surface area (Å²) >= 11 is 0. The monoisotopic (exact) mass is 387 g/mol. The Kier molecular flexibility index (Phi) is 6.29. The second-order valence-corrected chi connectivity index (χ2v) is 7.86. The first kappa shape index (κ1) is 19.4. The van der Waals surface area contributed by atoms with Crippen molar-refractivity contribution in [3.8, 4) is 0 Å². The number of allylic oxidation sites excluding steroid dienone is 1. The van der Waals surface area contributed by atoms with Gasteiger partial charge in [0.25, 0.3) is 5.91 Å². The van der Waals surface area contributed by atoms with Crippen LogP contribution in [0.15, 0.2) is 36.1 Å². The number of carbonyl (C=O) groups is 1. The third kappa shape index (κ3) is 4.57. The van der Waals surface area contributed by atoms with Crippen LogP contribution in [0.3, 0.4) is 0 Å². The number of aliphatic hydroxyl groups excluding tert-OH is 1. The molecular weight excluding hydrogens is 358 g/mol. The molecule has 0 radical (unpaired) electrons. The second kappa shape index (κ2) is 9.07. The summed E-state index contributed by atoms with van der Waals surface area (Å²) in [5, 5.41) is 9.16. The van der Waals surface area contributed by atoms with E-state index in [1.807, 2.05) is 35.2 Å².